The van der Waals surface area contributed by atoms with Crippen LogP contribution in [0.15, 0.2) is 43.0 Å². The third kappa shape index (κ3) is 3.51. The first-order valence-corrected chi connectivity index (χ1v) is 5.46. The largest absolute Gasteiger partial charge is 0.312 e. The average molecular weight is 218 g/mol. The summed E-state index contributed by atoms with van der Waals surface area (Å²) in [6.07, 6.45) is 1.74. The Morgan fingerprint density at radius 1 is 1.44 bits per heavy atom. The summed E-state index contributed by atoms with van der Waals surface area (Å²) in [4.78, 5) is 13.6. The van der Waals surface area contributed by atoms with Crippen molar-refractivity contribution in [2.24, 2.45) is 0 Å². The van der Waals surface area contributed by atoms with E-state index in [2.05, 4.69) is 11.9 Å². The molecule has 1 aromatic carbocycles. The molecular weight excluding hydrogens is 200 g/mol. The van der Waals surface area contributed by atoms with Crippen LogP contribution in [-0.4, -0.2) is 25.5 Å². The second kappa shape index (κ2) is 6.80. The SMILES string of the molecule is C=CCNCC(=O)N(CC)c1ccccc1. The summed E-state index contributed by atoms with van der Waals surface area (Å²) < 4.78 is 0. The van der Waals surface area contributed by atoms with Crippen molar-refractivity contribution in [3.05, 3.63) is 43.0 Å². The lowest BCUT2D eigenvalue weighted by molar-refractivity contribution is -0.117. The molecule has 0 aliphatic carbocycles. The molecule has 0 aromatic heterocycles. The van der Waals surface area contributed by atoms with Gasteiger partial charge in [-0.3, -0.25) is 4.79 Å². The van der Waals surface area contributed by atoms with Crippen LogP contribution in [0.3, 0.4) is 0 Å². The minimum absolute atomic E-state index is 0.0792. The van der Waals surface area contributed by atoms with Gasteiger partial charge < -0.3 is 10.2 Å². The highest BCUT2D eigenvalue weighted by Crippen LogP contribution is 2.12. The molecule has 0 atom stereocenters. The van der Waals surface area contributed by atoms with Crippen molar-refractivity contribution >= 4 is 11.6 Å². The molecule has 0 spiro atoms. The van der Waals surface area contributed by atoms with Gasteiger partial charge in [0.2, 0.25) is 5.91 Å². The van der Waals surface area contributed by atoms with Crippen LogP contribution < -0.4 is 10.2 Å². The standard InChI is InChI=1S/C13H18N2O/c1-3-10-14-11-13(16)15(4-2)12-8-6-5-7-9-12/h3,5-9,14H,1,4,10-11H2,2H3. The number of carbonyl (C=O) groups is 1. The van der Waals surface area contributed by atoms with Crippen LogP contribution in [0.4, 0.5) is 5.69 Å². The Morgan fingerprint density at radius 3 is 2.69 bits per heavy atom. The number of hydrogen-bond donors (Lipinski definition) is 1. The van der Waals surface area contributed by atoms with Crippen LogP contribution in [0.5, 0.6) is 0 Å². The molecule has 3 heteroatoms. The van der Waals surface area contributed by atoms with E-state index < -0.39 is 0 Å². The molecule has 1 amide bonds. The maximum atomic E-state index is 11.9. The lowest BCUT2D eigenvalue weighted by atomic mass is 10.3. The van der Waals surface area contributed by atoms with Crippen molar-refractivity contribution in [2.45, 2.75) is 6.92 Å². The van der Waals surface area contributed by atoms with Gasteiger partial charge in [0.25, 0.3) is 0 Å². The summed E-state index contributed by atoms with van der Waals surface area (Å²) in [5, 5.41) is 3.01. The van der Waals surface area contributed by atoms with Gasteiger partial charge in [-0.15, -0.1) is 6.58 Å². The number of carbonyl (C=O) groups excluding carboxylic acids is 1. The quantitative estimate of drug-likeness (QED) is 0.583. The van der Waals surface area contributed by atoms with E-state index in [4.69, 9.17) is 0 Å². The highest BCUT2D eigenvalue weighted by Gasteiger charge is 2.11. The summed E-state index contributed by atoms with van der Waals surface area (Å²) in [7, 11) is 0. The molecule has 0 aliphatic heterocycles. The topological polar surface area (TPSA) is 32.3 Å². The van der Waals surface area contributed by atoms with Crippen LogP contribution in [0.1, 0.15) is 6.92 Å². The van der Waals surface area contributed by atoms with Crippen molar-refractivity contribution in [3.63, 3.8) is 0 Å². The fourth-order valence-electron chi connectivity index (χ4n) is 1.49. The Kier molecular flexibility index (Phi) is 5.29. The predicted octanol–water partition coefficient (Wildman–Crippen LogP) is 1.82. The molecule has 1 N–H and O–H groups in total. The minimum Gasteiger partial charge on any atom is -0.312 e. The van der Waals surface area contributed by atoms with E-state index in [-0.39, 0.29) is 5.91 Å². The molecule has 1 aromatic rings. The summed E-state index contributed by atoms with van der Waals surface area (Å²) in [5.74, 6) is 0.0792. The van der Waals surface area contributed by atoms with Gasteiger partial charge in [-0.05, 0) is 19.1 Å². The lowest BCUT2D eigenvalue weighted by Gasteiger charge is -2.21. The molecule has 0 saturated heterocycles. The van der Waals surface area contributed by atoms with E-state index in [1.807, 2.05) is 37.3 Å². The van der Waals surface area contributed by atoms with E-state index in [9.17, 15) is 4.79 Å². The highest BCUT2D eigenvalue weighted by atomic mass is 16.2. The van der Waals surface area contributed by atoms with E-state index in [1.54, 1.807) is 11.0 Å². The summed E-state index contributed by atoms with van der Waals surface area (Å²) >= 11 is 0. The number of hydrogen-bond acceptors (Lipinski definition) is 2. The number of para-hydroxylation sites is 1. The molecule has 86 valence electrons. The van der Waals surface area contributed by atoms with Crippen molar-refractivity contribution in [2.75, 3.05) is 24.5 Å². The molecule has 1 rings (SSSR count). The van der Waals surface area contributed by atoms with Gasteiger partial charge in [-0.1, -0.05) is 24.3 Å². The Balaban J connectivity index is 2.60. The number of rotatable bonds is 6. The smallest absolute Gasteiger partial charge is 0.240 e. The van der Waals surface area contributed by atoms with Crippen molar-refractivity contribution in [3.8, 4) is 0 Å². The van der Waals surface area contributed by atoms with Gasteiger partial charge in [0.05, 0.1) is 6.54 Å². The first-order valence-electron chi connectivity index (χ1n) is 5.46. The zero-order chi connectivity index (χ0) is 11.8. The number of nitrogens with zero attached hydrogens (tertiary/aromatic N) is 1. The first kappa shape index (κ1) is 12.5. The second-order valence-electron chi connectivity index (χ2n) is 3.39. The zero-order valence-electron chi connectivity index (χ0n) is 9.65. The van der Waals surface area contributed by atoms with Gasteiger partial charge in [0.1, 0.15) is 0 Å². The number of anilines is 1. The van der Waals surface area contributed by atoms with Crippen LogP contribution in [0, 0.1) is 0 Å². The van der Waals surface area contributed by atoms with E-state index >= 15 is 0 Å². The molecule has 0 bridgehead atoms. The van der Waals surface area contributed by atoms with Gasteiger partial charge in [-0.25, -0.2) is 0 Å². The van der Waals surface area contributed by atoms with Crippen molar-refractivity contribution in [1.82, 2.24) is 5.32 Å². The monoisotopic (exact) mass is 218 g/mol. The second-order valence-corrected chi connectivity index (χ2v) is 3.39. The van der Waals surface area contributed by atoms with E-state index in [0.717, 1.165) is 5.69 Å². The van der Waals surface area contributed by atoms with E-state index in [1.165, 1.54) is 0 Å². The summed E-state index contributed by atoms with van der Waals surface area (Å²) in [6.45, 7) is 7.24. The molecular formula is C13H18N2O. The number of nitrogens with one attached hydrogen (secondary N) is 1. The molecule has 0 unspecified atom stereocenters. The maximum absolute atomic E-state index is 11.9. The average Bonchev–Trinajstić information content (AvgIpc) is 2.32. The number of likely N-dealkylation sites (N-methyl/N-ethyl adjacent to an activating group) is 1. The molecule has 0 heterocycles. The molecule has 0 aliphatic rings. The van der Waals surface area contributed by atoms with Gasteiger partial charge in [0.15, 0.2) is 0 Å². The Hall–Kier alpha value is -1.61. The third-order valence-corrected chi connectivity index (χ3v) is 2.25. The Morgan fingerprint density at radius 2 is 2.12 bits per heavy atom. The van der Waals surface area contributed by atoms with Crippen molar-refractivity contribution in [1.29, 1.82) is 0 Å². The van der Waals surface area contributed by atoms with Crippen LogP contribution >= 0.6 is 0 Å². The first-order chi connectivity index (χ1) is 7.79. The molecule has 0 radical (unpaired) electrons. The molecule has 0 saturated carbocycles. The molecule has 16 heavy (non-hydrogen) atoms. The Bertz CT molecular complexity index is 335. The fourth-order valence-corrected chi connectivity index (χ4v) is 1.49. The zero-order valence-corrected chi connectivity index (χ0v) is 9.65. The van der Waals surface area contributed by atoms with Crippen LogP contribution in [0.2, 0.25) is 0 Å². The van der Waals surface area contributed by atoms with Gasteiger partial charge in [0, 0.05) is 18.8 Å². The maximum Gasteiger partial charge on any atom is 0.240 e. The minimum atomic E-state index is 0.0792. The Labute approximate surface area is 96.8 Å². The van der Waals surface area contributed by atoms with Crippen LogP contribution in [0.25, 0.3) is 0 Å². The van der Waals surface area contributed by atoms with Crippen LogP contribution in [-0.2, 0) is 4.79 Å². The third-order valence-electron chi connectivity index (χ3n) is 2.25. The lowest BCUT2D eigenvalue weighted by Crippen LogP contribution is -2.38. The predicted molar refractivity (Wildman–Crippen MR) is 67.5 cm³/mol. The fraction of sp³-hybridized carbons (Fsp3) is 0.308. The van der Waals surface area contributed by atoms with Gasteiger partial charge >= 0.3 is 0 Å². The molecule has 3 nitrogen and oxygen atoms in total. The number of amides is 1. The summed E-state index contributed by atoms with van der Waals surface area (Å²) in [6, 6.07) is 9.69. The summed E-state index contributed by atoms with van der Waals surface area (Å²) in [5.41, 5.74) is 0.940. The van der Waals surface area contributed by atoms with Gasteiger partial charge in [-0.2, -0.15) is 0 Å². The van der Waals surface area contributed by atoms with Crippen molar-refractivity contribution < 1.29 is 4.79 Å². The number of benzene rings is 1. The highest BCUT2D eigenvalue weighted by molar-refractivity contribution is 5.94. The van der Waals surface area contributed by atoms with E-state index in [0.29, 0.717) is 19.6 Å². The normalized spacial score (nSPS) is 9.81. The molecule has 0 fully saturated rings.